The highest BCUT2D eigenvalue weighted by molar-refractivity contribution is 5.45. The van der Waals surface area contributed by atoms with Gasteiger partial charge in [-0.15, -0.1) is 0 Å². The monoisotopic (exact) mass is 275 g/mol. The van der Waals surface area contributed by atoms with E-state index in [1.807, 2.05) is 0 Å². The lowest BCUT2D eigenvalue weighted by atomic mass is 10.1. The Morgan fingerprint density at radius 2 is 2.10 bits per heavy atom. The molecule has 1 aliphatic rings. The lowest BCUT2D eigenvalue weighted by Crippen LogP contribution is -2.29. The number of rotatable bonds is 8. The first kappa shape index (κ1) is 15.3. The molecule has 2 N–H and O–H groups in total. The van der Waals surface area contributed by atoms with Crippen molar-refractivity contribution in [2.24, 2.45) is 11.7 Å². The molecule has 0 amide bonds. The Bertz CT molecular complexity index is 424. The van der Waals surface area contributed by atoms with Crippen molar-refractivity contribution < 1.29 is 0 Å². The summed E-state index contributed by atoms with van der Waals surface area (Å²) < 4.78 is 0. The van der Waals surface area contributed by atoms with Gasteiger partial charge in [-0.05, 0) is 49.3 Å². The molecule has 1 aliphatic carbocycles. The molecule has 0 radical (unpaired) electrons. The summed E-state index contributed by atoms with van der Waals surface area (Å²) in [6.45, 7) is 8.51. The number of pyridine rings is 1. The van der Waals surface area contributed by atoms with Crippen molar-refractivity contribution in [1.82, 2.24) is 4.98 Å². The zero-order chi connectivity index (χ0) is 14.5. The van der Waals surface area contributed by atoms with Crippen LogP contribution in [0, 0.1) is 5.92 Å². The van der Waals surface area contributed by atoms with E-state index in [9.17, 15) is 0 Å². The van der Waals surface area contributed by atoms with Crippen molar-refractivity contribution in [3.63, 3.8) is 0 Å². The van der Waals surface area contributed by atoms with E-state index in [2.05, 4.69) is 37.8 Å². The Hall–Kier alpha value is -1.09. The van der Waals surface area contributed by atoms with Crippen LogP contribution in [0.1, 0.15) is 57.7 Å². The predicted octanol–water partition coefficient (Wildman–Crippen LogP) is 3.51. The van der Waals surface area contributed by atoms with Crippen molar-refractivity contribution in [3.8, 4) is 0 Å². The highest BCUT2D eigenvalue weighted by Gasteiger charge is 2.30. The third-order valence-electron chi connectivity index (χ3n) is 3.90. The number of nitrogens with zero attached hydrogens (tertiary/aromatic N) is 2. The number of nitrogens with two attached hydrogens (primary N) is 1. The van der Waals surface area contributed by atoms with E-state index in [0.717, 1.165) is 31.1 Å². The zero-order valence-corrected chi connectivity index (χ0v) is 13.2. The van der Waals surface area contributed by atoms with E-state index in [0.29, 0.717) is 12.6 Å². The third-order valence-corrected chi connectivity index (χ3v) is 3.90. The van der Waals surface area contributed by atoms with Gasteiger partial charge in [-0.3, -0.25) is 0 Å². The molecule has 2 rings (SSSR count). The van der Waals surface area contributed by atoms with E-state index in [-0.39, 0.29) is 0 Å². The Morgan fingerprint density at radius 3 is 2.65 bits per heavy atom. The third kappa shape index (κ3) is 4.20. The lowest BCUT2D eigenvalue weighted by molar-refractivity contribution is 0.568. The smallest absolute Gasteiger partial charge is 0.129 e. The van der Waals surface area contributed by atoms with Crippen molar-refractivity contribution in [1.29, 1.82) is 0 Å². The summed E-state index contributed by atoms with van der Waals surface area (Å²) in [4.78, 5) is 7.39. The van der Waals surface area contributed by atoms with Crippen LogP contribution in [-0.4, -0.2) is 17.6 Å². The van der Waals surface area contributed by atoms with Gasteiger partial charge in [-0.1, -0.05) is 27.2 Å². The van der Waals surface area contributed by atoms with E-state index in [1.165, 1.54) is 30.5 Å². The lowest BCUT2D eigenvalue weighted by Gasteiger charge is -2.25. The largest absolute Gasteiger partial charge is 0.354 e. The first-order valence-corrected chi connectivity index (χ1v) is 8.10. The molecule has 20 heavy (non-hydrogen) atoms. The number of aromatic nitrogens is 1. The SMILES string of the molecule is CCCc1cc(CN)cc(N(CCC(C)C)C2CC2)n1. The van der Waals surface area contributed by atoms with Crippen molar-refractivity contribution in [3.05, 3.63) is 23.4 Å². The minimum Gasteiger partial charge on any atom is -0.354 e. The second kappa shape index (κ2) is 7.07. The minimum atomic E-state index is 0.606. The molecule has 0 bridgehead atoms. The first-order valence-electron chi connectivity index (χ1n) is 8.10. The minimum absolute atomic E-state index is 0.606. The van der Waals surface area contributed by atoms with Crippen molar-refractivity contribution in [2.45, 2.75) is 65.5 Å². The summed E-state index contributed by atoms with van der Waals surface area (Å²) in [6, 6.07) is 5.07. The second-order valence-electron chi connectivity index (χ2n) is 6.39. The molecule has 0 atom stereocenters. The van der Waals surface area contributed by atoms with Crippen LogP contribution in [0.15, 0.2) is 12.1 Å². The zero-order valence-electron chi connectivity index (χ0n) is 13.2. The average Bonchev–Trinajstić information content (AvgIpc) is 3.23. The van der Waals surface area contributed by atoms with Crippen LogP contribution in [0.2, 0.25) is 0 Å². The Balaban J connectivity index is 2.19. The van der Waals surface area contributed by atoms with Crippen LogP contribution in [0.4, 0.5) is 5.82 Å². The van der Waals surface area contributed by atoms with E-state index in [1.54, 1.807) is 0 Å². The molecular formula is C17H29N3. The fourth-order valence-corrected chi connectivity index (χ4v) is 2.55. The van der Waals surface area contributed by atoms with Crippen LogP contribution in [0.25, 0.3) is 0 Å². The Kier molecular flexibility index (Phi) is 5.41. The standard InChI is InChI=1S/C17H29N3/c1-4-5-15-10-14(12-18)11-17(19-15)20(16-6-7-16)9-8-13(2)3/h10-11,13,16H,4-9,12,18H2,1-3H3. The Morgan fingerprint density at radius 1 is 1.35 bits per heavy atom. The molecule has 0 spiro atoms. The van der Waals surface area contributed by atoms with Gasteiger partial charge in [0, 0.05) is 24.8 Å². The van der Waals surface area contributed by atoms with Gasteiger partial charge >= 0.3 is 0 Å². The van der Waals surface area contributed by atoms with Gasteiger partial charge in [0.25, 0.3) is 0 Å². The number of hydrogen-bond donors (Lipinski definition) is 1. The molecule has 0 unspecified atom stereocenters. The van der Waals surface area contributed by atoms with Crippen LogP contribution in [-0.2, 0) is 13.0 Å². The van der Waals surface area contributed by atoms with Crippen LogP contribution in [0.3, 0.4) is 0 Å². The molecule has 0 aromatic carbocycles. The second-order valence-corrected chi connectivity index (χ2v) is 6.39. The summed E-state index contributed by atoms with van der Waals surface area (Å²) in [5.74, 6) is 1.89. The number of aryl methyl sites for hydroxylation is 1. The molecule has 3 nitrogen and oxygen atoms in total. The molecule has 0 saturated heterocycles. The molecule has 1 saturated carbocycles. The predicted molar refractivity (Wildman–Crippen MR) is 85.9 cm³/mol. The number of hydrogen-bond acceptors (Lipinski definition) is 3. The molecular weight excluding hydrogens is 246 g/mol. The van der Waals surface area contributed by atoms with Crippen LogP contribution in [0.5, 0.6) is 0 Å². The maximum atomic E-state index is 5.85. The van der Waals surface area contributed by atoms with Crippen LogP contribution < -0.4 is 10.6 Å². The quantitative estimate of drug-likeness (QED) is 0.789. The fraction of sp³-hybridized carbons (Fsp3) is 0.706. The Labute approximate surface area is 123 Å². The molecule has 1 fully saturated rings. The maximum absolute atomic E-state index is 5.85. The van der Waals surface area contributed by atoms with Gasteiger partial charge in [-0.25, -0.2) is 4.98 Å². The van der Waals surface area contributed by atoms with E-state index >= 15 is 0 Å². The fourth-order valence-electron chi connectivity index (χ4n) is 2.55. The summed E-state index contributed by atoms with van der Waals surface area (Å²) in [6.07, 6.45) is 6.04. The summed E-state index contributed by atoms with van der Waals surface area (Å²) >= 11 is 0. The molecule has 1 aromatic rings. The average molecular weight is 275 g/mol. The summed E-state index contributed by atoms with van der Waals surface area (Å²) in [5.41, 5.74) is 8.26. The maximum Gasteiger partial charge on any atom is 0.129 e. The number of anilines is 1. The summed E-state index contributed by atoms with van der Waals surface area (Å²) in [7, 11) is 0. The normalized spacial score (nSPS) is 14.8. The molecule has 0 aliphatic heterocycles. The summed E-state index contributed by atoms with van der Waals surface area (Å²) in [5, 5.41) is 0. The van der Waals surface area contributed by atoms with Gasteiger partial charge in [-0.2, -0.15) is 0 Å². The van der Waals surface area contributed by atoms with Gasteiger partial charge < -0.3 is 10.6 Å². The topological polar surface area (TPSA) is 42.1 Å². The van der Waals surface area contributed by atoms with Crippen molar-refractivity contribution in [2.75, 3.05) is 11.4 Å². The van der Waals surface area contributed by atoms with Gasteiger partial charge in [0.15, 0.2) is 0 Å². The van der Waals surface area contributed by atoms with Crippen molar-refractivity contribution >= 4 is 5.82 Å². The van der Waals surface area contributed by atoms with Gasteiger partial charge in [0.1, 0.15) is 5.82 Å². The highest BCUT2D eigenvalue weighted by Crippen LogP contribution is 2.32. The van der Waals surface area contributed by atoms with E-state index < -0.39 is 0 Å². The van der Waals surface area contributed by atoms with Crippen LogP contribution >= 0.6 is 0 Å². The molecule has 1 aromatic heterocycles. The molecule has 3 heteroatoms. The van der Waals surface area contributed by atoms with Gasteiger partial charge in [0.05, 0.1) is 0 Å². The highest BCUT2D eigenvalue weighted by atomic mass is 15.2. The first-order chi connectivity index (χ1) is 9.63. The molecule has 1 heterocycles. The van der Waals surface area contributed by atoms with E-state index in [4.69, 9.17) is 10.7 Å². The molecule has 112 valence electrons. The van der Waals surface area contributed by atoms with Gasteiger partial charge in [0.2, 0.25) is 0 Å².